The lowest BCUT2D eigenvalue weighted by Crippen LogP contribution is -2.24. The van der Waals surface area contributed by atoms with Gasteiger partial charge in [0.1, 0.15) is 12.7 Å². The molecule has 1 N–H and O–H groups in total. The van der Waals surface area contributed by atoms with Crippen molar-refractivity contribution in [3.63, 3.8) is 0 Å². The summed E-state index contributed by atoms with van der Waals surface area (Å²) in [5.74, 6) is 0.645. The van der Waals surface area contributed by atoms with Gasteiger partial charge < -0.3 is 5.32 Å². The maximum Gasteiger partial charge on any atom is 0.224 e. The van der Waals surface area contributed by atoms with Crippen LogP contribution >= 0.6 is 0 Å². The molecule has 1 aliphatic rings. The normalized spacial score (nSPS) is 18.5. The highest BCUT2D eigenvalue weighted by Crippen LogP contribution is 2.47. The van der Waals surface area contributed by atoms with Crippen molar-refractivity contribution in [1.82, 2.24) is 20.1 Å². The Morgan fingerprint density at radius 3 is 2.73 bits per heavy atom. The number of carbonyl (C=O) groups excluding carboxylic acids is 1. The van der Waals surface area contributed by atoms with Gasteiger partial charge in [-0.05, 0) is 36.0 Å². The van der Waals surface area contributed by atoms with Crippen molar-refractivity contribution < 1.29 is 4.79 Å². The summed E-state index contributed by atoms with van der Waals surface area (Å²) in [5.41, 5.74) is 4.79. The number of aryl methyl sites for hydroxylation is 1. The van der Waals surface area contributed by atoms with Crippen molar-refractivity contribution in [2.45, 2.75) is 32.4 Å². The molecule has 0 bridgehead atoms. The van der Waals surface area contributed by atoms with Gasteiger partial charge in [0, 0.05) is 12.5 Å². The van der Waals surface area contributed by atoms with Crippen LogP contribution in [0.5, 0.6) is 0 Å². The van der Waals surface area contributed by atoms with Crippen LogP contribution < -0.4 is 5.32 Å². The topological polar surface area (TPSA) is 59.8 Å². The van der Waals surface area contributed by atoms with Gasteiger partial charge in [0.2, 0.25) is 5.91 Å². The number of aromatic nitrogens is 3. The molecule has 26 heavy (non-hydrogen) atoms. The van der Waals surface area contributed by atoms with E-state index < -0.39 is 0 Å². The Kier molecular flexibility index (Phi) is 4.52. The fourth-order valence-electron chi connectivity index (χ4n) is 3.34. The molecule has 2 aromatic carbocycles. The molecule has 1 saturated carbocycles. The smallest absolute Gasteiger partial charge is 0.224 e. The quantitative estimate of drug-likeness (QED) is 0.746. The Morgan fingerprint density at radius 2 is 2.00 bits per heavy atom. The van der Waals surface area contributed by atoms with Crippen LogP contribution in [0.1, 0.15) is 34.6 Å². The molecule has 3 aromatic rings. The van der Waals surface area contributed by atoms with E-state index in [1.165, 1.54) is 17.5 Å². The fourth-order valence-corrected chi connectivity index (χ4v) is 3.34. The highest BCUT2D eigenvalue weighted by atomic mass is 16.2. The largest absolute Gasteiger partial charge is 0.352 e. The first-order valence-corrected chi connectivity index (χ1v) is 8.93. The molecule has 1 amide bonds. The lowest BCUT2D eigenvalue weighted by molar-refractivity contribution is -0.122. The zero-order valence-corrected chi connectivity index (χ0v) is 14.8. The van der Waals surface area contributed by atoms with Gasteiger partial charge in [0.15, 0.2) is 0 Å². The van der Waals surface area contributed by atoms with E-state index in [1.54, 1.807) is 11.0 Å². The first-order valence-electron chi connectivity index (χ1n) is 8.93. The Labute approximate surface area is 153 Å². The van der Waals surface area contributed by atoms with Crippen LogP contribution in [-0.2, 0) is 17.9 Å². The van der Waals surface area contributed by atoms with E-state index in [9.17, 15) is 4.79 Å². The van der Waals surface area contributed by atoms with Gasteiger partial charge in [0.05, 0.1) is 6.54 Å². The van der Waals surface area contributed by atoms with Crippen molar-refractivity contribution in [3.05, 3.63) is 83.4 Å². The predicted octanol–water partition coefficient (Wildman–Crippen LogP) is 3.05. The average Bonchev–Trinajstić information content (AvgIpc) is 3.30. The molecule has 0 saturated heterocycles. The van der Waals surface area contributed by atoms with Gasteiger partial charge in [-0.1, -0.05) is 54.1 Å². The Morgan fingerprint density at radius 1 is 1.19 bits per heavy atom. The standard InChI is InChI=1S/C21H22N4O/c1-15-3-2-4-18(9-15)19-10-20(19)21(26)23-11-16-5-7-17(8-6-16)12-25-14-22-13-24-25/h2-9,13-14,19-20H,10-12H2,1H3,(H,23,26). The molecule has 0 spiro atoms. The molecule has 1 aromatic heterocycles. The fraction of sp³-hybridized carbons (Fsp3) is 0.286. The average molecular weight is 346 g/mol. The van der Waals surface area contributed by atoms with E-state index in [-0.39, 0.29) is 11.8 Å². The van der Waals surface area contributed by atoms with Crippen LogP contribution in [-0.4, -0.2) is 20.7 Å². The van der Waals surface area contributed by atoms with Gasteiger partial charge in [-0.25, -0.2) is 9.67 Å². The van der Waals surface area contributed by atoms with Crippen molar-refractivity contribution in [3.8, 4) is 0 Å². The molecular weight excluding hydrogens is 324 g/mol. The summed E-state index contributed by atoms with van der Waals surface area (Å²) in [6, 6.07) is 16.7. The van der Waals surface area contributed by atoms with E-state index in [0.29, 0.717) is 19.0 Å². The van der Waals surface area contributed by atoms with Gasteiger partial charge >= 0.3 is 0 Å². The maximum absolute atomic E-state index is 12.4. The lowest BCUT2D eigenvalue weighted by atomic mass is 10.1. The molecule has 1 heterocycles. The summed E-state index contributed by atoms with van der Waals surface area (Å²) in [6.45, 7) is 3.36. The van der Waals surface area contributed by atoms with Gasteiger partial charge in [-0.15, -0.1) is 0 Å². The number of rotatable bonds is 6. The second-order valence-corrected chi connectivity index (χ2v) is 6.99. The third kappa shape index (κ3) is 3.82. The third-order valence-electron chi connectivity index (χ3n) is 4.90. The molecular formula is C21H22N4O. The van der Waals surface area contributed by atoms with Gasteiger partial charge in [0.25, 0.3) is 0 Å². The minimum absolute atomic E-state index is 0.114. The van der Waals surface area contributed by atoms with Crippen LogP contribution in [0.25, 0.3) is 0 Å². The van der Waals surface area contributed by atoms with E-state index in [0.717, 1.165) is 17.5 Å². The Hall–Kier alpha value is -2.95. The second kappa shape index (κ2) is 7.12. The first-order chi connectivity index (χ1) is 12.7. The summed E-state index contributed by atoms with van der Waals surface area (Å²) in [4.78, 5) is 16.3. The predicted molar refractivity (Wildman–Crippen MR) is 99.4 cm³/mol. The molecule has 0 aliphatic heterocycles. The lowest BCUT2D eigenvalue weighted by Gasteiger charge is -2.07. The van der Waals surface area contributed by atoms with E-state index in [2.05, 4.69) is 70.9 Å². The van der Waals surface area contributed by atoms with Crippen LogP contribution in [0.3, 0.4) is 0 Å². The third-order valence-corrected chi connectivity index (χ3v) is 4.90. The second-order valence-electron chi connectivity index (χ2n) is 6.99. The van der Waals surface area contributed by atoms with Crippen molar-refractivity contribution >= 4 is 5.91 Å². The number of nitrogens with zero attached hydrogens (tertiary/aromatic N) is 3. The number of nitrogens with one attached hydrogen (secondary N) is 1. The molecule has 2 atom stereocenters. The first kappa shape index (κ1) is 16.5. The molecule has 1 aliphatic carbocycles. The van der Waals surface area contributed by atoms with E-state index in [1.807, 2.05) is 0 Å². The van der Waals surface area contributed by atoms with Crippen molar-refractivity contribution in [1.29, 1.82) is 0 Å². The van der Waals surface area contributed by atoms with Crippen molar-refractivity contribution in [2.24, 2.45) is 5.92 Å². The highest BCUT2D eigenvalue weighted by Gasteiger charge is 2.43. The molecule has 1 fully saturated rings. The summed E-state index contributed by atoms with van der Waals surface area (Å²) in [6.07, 6.45) is 4.19. The van der Waals surface area contributed by atoms with Crippen molar-refractivity contribution in [2.75, 3.05) is 0 Å². The summed E-state index contributed by atoms with van der Waals surface area (Å²) in [5, 5.41) is 7.18. The molecule has 5 nitrogen and oxygen atoms in total. The monoisotopic (exact) mass is 346 g/mol. The minimum atomic E-state index is 0.114. The summed E-state index contributed by atoms with van der Waals surface area (Å²) < 4.78 is 1.79. The molecule has 2 unspecified atom stereocenters. The van der Waals surface area contributed by atoms with Crippen LogP contribution in [0.2, 0.25) is 0 Å². The maximum atomic E-state index is 12.4. The van der Waals surface area contributed by atoms with E-state index in [4.69, 9.17) is 0 Å². The number of hydrogen-bond donors (Lipinski definition) is 1. The summed E-state index contributed by atoms with van der Waals surface area (Å²) in [7, 11) is 0. The zero-order valence-electron chi connectivity index (χ0n) is 14.8. The van der Waals surface area contributed by atoms with E-state index >= 15 is 0 Å². The molecule has 4 rings (SSSR count). The SMILES string of the molecule is Cc1cccc(C2CC2C(=O)NCc2ccc(Cn3cncn3)cc2)c1. The summed E-state index contributed by atoms with van der Waals surface area (Å²) >= 11 is 0. The zero-order chi connectivity index (χ0) is 17.9. The molecule has 132 valence electrons. The molecule has 0 radical (unpaired) electrons. The Bertz CT molecular complexity index is 887. The van der Waals surface area contributed by atoms with Gasteiger partial charge in [-0.3, -0.25) is 4.79 Å². The number of amides is 1. The van der Waals surface area contributed by atoms with Crippen LogP contribution in [0.4, 0.5) is 0 Å². The van der Waals surface area contributed by atoms with Gasteiger partial charge in [-0.2, -0.15) is 5.10 Å². The van der Waals surface area contributed by atoms with Crippen LogP contribution in [0.15, 0.2) is 61.2 Å². The Balaban J connectivity index is 1.28. The molecule has 5 heteroatoms. The highest BCUT2D eigenvalue weighted by molar-refractivity contribution is 5.82. The minimum Gasteiger partial charge on any atom is -0.352 e. The van der Waals surface area contributed by atoms with Crippen LogP contribution in [0, 0.1) is 12.8 Å². The number of hydrogen-bond acceptors (Lipinski definition) is 3. The number of benzene rings is 2. The number of carbonyl (C=O) groups is 1.